The first-order valence-electron chi connectivity index (χ1n) is 13.2. The fraction of sp³-hybridized carbons (Fsp3) is 0.433. The average Bonchev–Trinajstić information content (AvgIpc) is 3.66. The molecule has 7 heteroatoms. The van der Waals surface area contributed by atoms with Gasteiger partial charge in [0.05, 0.1) is 11.8 Å². The number of esters is 3. The molecule has 0 spiro atoms. The Hall–Kier alpha value is -3.45. The van der Waals surface area contributed by atoms with E-state index < -0.39 is 35.6 Å². The van der Waals surface area contributed by atoms with Crippen molar-refractivity contribution in [2.45, 2.75) is 43.0 Å². The van der Waals surface area contributed by atoms with Crippen LogP contribution in [0.4, 0.5) is 0 Å². The third-order valence-electron chi connectivity index (χ3n) is 9.13. The maximum atomic E-state index is 13.9. The summed E-state index contributed by atoms with van der Waals surface area (Å²) >= 11 is 0. The number of rotatable bonds is 5. The summed E-state index contributed by atoms with van der Waals surface area (Å²) in [6.07, 6.45) is 4.58. The molecule has 0 amide bonds. The lowest BCUT2D eigenvalue weighted by molar-refractivity contribution is -0.178. The third-order valence-corrected chi connectivity index (χ3v) is 9.13. The van der Waals surface area contributed by atoms with Gasteiger partial charge >= 0.3 is 17.9 Å². The Labute approximate surface area is 215 Å². The SMILES string of the molecule is O=C(OC1C2CC3C1OC(=O)C3C2C(=O)OC1(c2ccccc2)CCNCC1)C1C=Cc2ccccc21. The zero-order valence-electron chi connectivity index (χ0n) is 20.4. The van der Waals surface area contributed by atoms with Gasteiger partial charge in [0.2, 0.25) is 0 Å². The molecule has 2 aliphatic heterocycles. The lowest BCUT2D eigenvalue weighted by atomic mass is 9.78. The van der Waals surface area contributed by atoms with Crippen LogP contribution in [0.15, 0.2) is 60.7 Å². The van der Waals surface area contributed by atoms with Crippen LogP contribution in [0.1, 0.15) is 41.9 Å². The summed E-state index contributed by atoms with van der Waals surface area (Å²) in [6.45, 7) is 1.48. The van der Waals surface area contributed by atoms with Crippen LogP contribution in [0, 0.1) is 23.7 Å². The van der Waals surface area contributed by atoms with Crippen molar-refractivity contribution in [3.63, 3.8) is 0 Å². The van der Waals surface area contributed by atoms with E-state index >= 15 is 0 Å². The molecule has 7 atom stereocenters. The Bertz CT molecular complexity index is 1280. The first kappa shape index (κ1) is 22.7. The second kappa shape index (κ2) is 8.55. The van der Waals surface area contributed by atoms with Gasteiger partial charge < -0.3 is 19.5 Å². The number of ether oxygens (including phenoxy) is 3. The van der Waals surface area contributed by atoms with Crippen LogP contribution in [-0.2, 0) is 34.2 Å². The fourth-order valence-electron chi connectivity index (χ4n) is 7.41. The van der Waals surface area contributed by atoms with Gasteiger partial charge in [0, 0.05) is 24.7 Å². The average molecular weight is 500 g/mol. The molecule has 1 N–H and O–H groups in total. The molecule has 2 aromatic rings. The molecular weight excluding hydrogens is 470 g/mol. The van der Waals surface area contributed by atoms with Crippen LogP contribution in [-0.4, -0.2) is 43.2 Å². The highest BCUT2D eigenvalue weighted by molar-refractivity contribution is 5.88. The van der Waals surface area contributed by atoms with Crippen molar-refractivity contribution in [3.8, 4) is 0 Å². The van der Waals surface area contributed by atoms with Crippen LogP contribution < -0.4 is 5.32 Å². The summed E-state index contributed by atoms with van der Waals surface area (Å²) < 4.78 is 18.1. The Morgan fingerprint density at radius 3 is 2.51 bits per heavy atom. The summed E-state index contributed by atoms with van der Waals surface area (Å²) in [7, 11) is 0. The van der Waals surface area contributed by atoms with E-state index in [-0.39, 0.29) is 29.7 Å². The second-order valence-corrected chi connectivity index (χ2v) is 10.9. The molecule has 2 saturated carbocycles. The molecular formula is C30H29NO6. The van der Waals surface area contributed by atoms with Gasteiger partial charge in [-0.1, -0.05) is 66.7 Å². The van der Waals surface area contributed by atoms with Crippen LogP contribution in [0.3, 0.4) is 0 Å². The van der Waals surface area contributed by atoms with Crippen molar-refractivity contribution < 1.29 is 28.6 Å². The highest BCUT2D eigenvalue weighted by atomic mass is 16.6. The summed E-state index contributed by atoms with van der Waals surface area (Å²) in [5.74, 6) is -3.24. The zero-order chi connectivity index (χ0) is 25.1. The van der Waals surface area contributed by atoms with E-state index in [0.717, 1.165) is 29.8 Å². The van der Waals surface area contributed by atoms with Gasteiger partial charge in [-0.2, -0.15) is 0 Å². The maximum Gasteiger partial charge on any atom is 0.317 e. The van der Waals surface area contributed by atoms with Crippen molar-refractivity contribution in [2.24, 2.45) is 23.7 Å². The minimum absolute atomic E-state index is 0.125. The second-order valence-electron chi connectivity index (χ2n) is 10.9. The predicted molar refractivity (Wildman–Crippen MR) is 133 cm³/mol. The van der Waals surface area contributed by atoms with Crippen LogP contribution in [0.5, 0.6) is 0 Å². The smallest absolute Gasteiger partial charge is 0.317 e. The van der Waals surface area contributed by atoms with Gasteiger partial charge in [0.15, 0.2) is 0 Å². The molecule has 7 rings (SSSR count). The number of carbonyl (C=O) groups is 3. The Morgan fingerprint density at radius 2 is 1.70 bits per heavy atom. The van der Waals surface area contributed by atoms with Gasteiger partial charge in [-0.05, 0) is 36.2 Å². The number of hydrogen-bond donors (Lipinski definition) is 1. The normalized spacial score (nSPS) is 34.2. The largest absolute Gasteiger partial charge is 0.458 e. The number of nitrogens with one attached hydrogen (secondary N) is 1. The van der Waals surface area contributed by atoms with Crippen molar-refractivity contribution in [1.29, 1.82) is 0 Å². The number of piperidine rings is 1. The van der Waals surface area contributed by atoms with E-state index in [9.17, 15) is 14.4 Å². The molecule has 7 unspecified atom stereocenters. The van der Waals surface area contributed by atoms with Crippen molar-refractivity contribution in [1.82, 2.24) is 5.32 Å². The van der Waals surface area contributed by atoms with E-state index in [0.29, 0.717) is 19.3 Å². The minimum Gasteiger partial charge on any atom is -0.458 e. The molecule has 0 radical (unpaired) electrons. The van der Waals surface area contributed by atoms with E-state index in [2.05, 4.69) is 5.32 Å². The monoisotopic (exact) mass is 499 g/mol. The minimum atomic E-state index is -0.738. The maximum absolute atomic E-state index is 13.9. The topological polar surface area (TPSA) is 90.9 Å². The van der Waals surface area contributed by atoms with Crippen molar-refractivity contribution in [3.05, 3.63) is 77.4 Å². The molecule has 4 fully saturated rings. The molecule has 7 nitrogen and oxygen atoms in total. The Morgan fingerprint density at radius 1 is 0.946 bits per heavy atom. The Kier molecular flexibility index (Phi) is 5.25. The molecule has 2 heterocycles. The van der Waals surface area contributed by atoms with E-state index in [1.165, 1.54) is 0 Å². The van der Waals surface area contributed by atoms with Gasteiger partial charge in [-0.15, -0.1) is 0 Å². The molecule has 2 bridgehead atoms. The standard InChI is InChI=1S/C30H29NO6/c32-27(20-11-10-17-6-4-5-9-19(17)20)35-25-22-16-21-23(28(33)36-26(21)25)24(22)29(34)37-30(12-14-31-15-13-30)18-7-2-1-3-8-18/h1-11,20-26,31H,12-16H2. The number of carbonyl (C=O) groups excluding carboxylic acids is 3. The van der Waals surface area contributed by atoms with Crippen LogP contribution >= 0.6 is 0 Å². The van der Waals surface area contributed by atoms with Gasteiger partial charge in [-0.3, -0.25) is 14.4 Å². The van der Waals surface area contributed by atoms with Crippen LogP contribution in [0.25, 0.3) is 6.08 Å². The van der Waals surface area contributed by atoms with Gasteiger partial charge in [0.25, 0.3) is 0 Å². The van der Waals surface area contributed by atoms with E-state index in [4.69, 9.17) is 14.2 Å². The highest BCUT2D eigenvalue weighted by Gasteiger charge is 2.70. The molecule has 5 aliphatic rings. The van der Waals surface area contributed by atoms with E-state index in [1.54, 1.807) is 0 Å². The molecule has 37 heavy (non-hydrogen) atoms. The Balaban J connectivity index is 1.14. The summed E-state index contributed by atoms with van der Waals surface area (Å²) in [5, 5.41) is 3.35. The number of fused-ring (bicyclic) bond motifs is 2. The lowest BCUT2D eigenvalue weighted by Crippen LogP contribution is -2.48. The van der Waals surface area contributed by atoms with Gasteiger partial charge in [-0.25, -0.2) is 0 Å². The highest BCUT2D eigenvalue weighted by Crippen LogP contribution is 2.59. The first-order valence-corrected chi connectivity index (χ1v) is 13.2. The molecule has 3 aliphatic carbocycles. The zero-order valence-corrected chi connectivity index (χ0v) is 20.4. The summed E-state index contributed by atoms with van der Waals surface area (Å²) in [5.41, 5.74) is 2.13. The predicted octanol–water partition coefficient (Wildman–Crippen LogP) is 3.34. The molecule has 190 valence electrons. The third kappa shape index (κ3) is 3.47. The summed E-state index contributed by atoms with van der Waals surface area (Å²) in [6, 6.07) is 17.6. The first-order chi connectivity index (χ1) is 18.1. The van der Waals surface area contributed by atoms with Crippen molar-refractivity contribution in [2.75, 3.05) is 13.1 Å². The van der Waals surface area contributed by atoms with Crippen LogP contribution in [0.2, 0.25) is 0 Å². The number of hydrogen-bond acceptors (Lipinski definition) is 7. The fourth-order valence-corrected chi connectivity index (χ4v) is 7.41. The molecule has 2 aromatic carbocycles. The lowest BCUT2D eigenvalue weighted by Gasteiger charge is -2.39. The quantitative estimate of drug-likeness (QED) is 0.498. The van der Waals surface area contributed by atoms with E-state index in [1.807, 2.05) is 66.7 Å². The molecule has 0 aromatic heterocycles. The number of benzene rings is 2. The van der Waals surface area contributed by atoms with Gasteiger partial charge in [0.1, 0.15) is 23.7 Å². The van der Waals surface area contributed by atoms with Crippen molar-refractivity contribution >= 4 is 24.0 Å². The molecule has 2 saturated heterocycles. The summed E-state index contributed by atoms with van der Waals surface area (Å²) in [4.78, 5) is 40.1.